The number of carbonyl (C=O) groups is 1. The van der Waals surface area contributed by atoms with E-state index >= 15 is 0 Å². The van der Waals surface area contributed by atoms with Crippen LogP contribution in [0.1, 0.15) is 21.6 Å². The van der Waals surface area contributed by atoms with Crippen molar-refractivity contribution < 1.29 is 14.6 Å². The maximum atomic E-state index is 12.0. The van der Waals surface area contributed by atoms with E-state index in [1.807, 2.05) is 0 Å². The van der Waals surface area contributed by atoms with E-state index < -0.39 is 5.97 Å². The van der Waals surface area contributed by atoms with Crippen molar-refractivity contribution in [3.63, 3.8) is 0 Å². The number of aliphatic hydroxyl groups is 1. The average Bonchev–Trinajstić information content (AvgIpc) is 2.41. The van der Waals surface area contributed by atoms with Crippen LogP contribution in [0.15, 0.2) is 36.5 Å². The van der Waals surface area contributed by atoms with Gasteiger partial charge in [0.05, 0.1) is 22.9 Å². The average molecular weight is 278 g/mol. The number of pyridine rings is 1. The van der Waals surface area contributed by atoms with Gasteiger partial charge in [0.2, 0.25) is 0 Å². The molecule has 5 heteroatoms. The predicted octanol–water partition coefficient (Wildman–Crippen LogP) is 2.75. The van der Waals surface area contributed by atoms with Crippen molar-refractivity contribution in [3.05, 3.63) is 58.4 Å². The van der Waals surface area contributed by atoms with Gasteiger partial charge in [-0.05, 0) is 30.7 Å². The zero-order valence-corrected chi connectivity index (χ0v) is 11.0. The van der Waals surface area contributed by atoms with Crippen molar-refractivity contribution >= 4 is 17.6 Å². The SMILES string of the molecule is Cc1ncc(CO)cc1OC(=O)c1ccccc1Cl. The standard InChI is InChI=1S/C14H12ClNO3/c1-9-13(6-10(8-17)7-16-9)19-14(18)11-4-2-3-5-12(11)15/h2-7,17H,8H2,1H3. The third-order valence-electron chi connectivity index (χ3n) is 2.58. The number of esters is 1. The van der Waals surface area contributed by atoms with Gasteiger partial charge < -0.3 is 9.84 Å². The Morgan fingerprint density at radius 3 is 2.84 bits per heavy atom. The number of hydrogen-bond acceptors (Lipinski definition) is 4. The molecule has 0 saturated carbocycles. The number of aryl methyl sites for hydroxylation is 1. The minimum absolute atomic E-state index is 0.163. The molecule has 1 aromatic carbocycles. The molecule has 0 atom stereocenters. The lowest BCUT2D eigenvalue weighted by Crippen LogP contribution is -2.10. The van der Waals surface area contributed by atoms with Gasteiger partial charge >= 0.3 is 5.97 Å². The highest BCUT2D eigenvalue weighted by Gasteiger charge is 2.14. The number of benzene rings is 1. The number of nitrogens with zero attached hydrogens (tertiary/aromatic N) is 1. The Labute approximate surface area is 115 Å². The molecule has 2 rings (SSSR count). The number of carbonyl (C=O) groups excluding carboxylic acids is 1. The second-order valence-electron chi connectivity index (χ2n) is 3.95. The Morgan fingerprint density at radius 2 is 2.16 bits per heavy atom. The normalized spacial score (nSPS) is 10.3. The van der Waals surface area contributed by atoms with Gasteiger partial charge in [-0.25, -0.2) is 4.79 Å². The lowest BCUT2D eigenvalue weighted by molar-refractivity contribution is 0.0732. The van der Waals surface area contributed by atoms with Gasteiger partial charge in [0.1, 0.15) is 0 Å². The topological polar surface area (TPSA) is 59.4 Å². The van der Waals surface area contributed by atoms with Crippen molar-refractivity contribution in [2.24, 2.45) is 0 Å². The van der Waals surface area contributed by atoms with Gasteiger partial charge in [0.25, 0.3) is 0 Å². The first-order valence-corrected chi connectivity index (χ1v) is 6.02. The first kappa shape index (κ1) is 13.5. The van der Waals surface area contributed by atoms with E-state index in [-0.39, 0.29) is 12.2 Å². The maximum absolute atomic E-state index is 12.0. The van der Waals surface area contributed by atoms with Crippen LogP contribution >= 0.6 is 11.6 Å². The summed E-state index contributed by atoms with van der Waals surface area (Å²) in [5, 5.41) is 9.38. The molecule has 0 spiro atoms. The summed E-state index contributed by atoms with van der Waals surface area (Å²) in [4.78, 5) is 16.0. The first-order valence-electron chi connectivity index (χ1n) is 5.65. The van der Waals surface area contributed by atoms with Gasteiger partial charge in [-0.2, -0.15) is 0 Å². The molecule has 19 heavy (non-hydrogen) atoms. The van der Waals surface area contributed by atoms with Gasteiger partial charge in [-0.1, -0.05) is 23.7 Å². The monoisotopic (exact) mass is 277 g/mol. The summed E-state index contributed by atoms with van der Waals surface area (Å²) in [7, 11) is 0. The first-order chi connectivity index (χ1) is 9.11. The summed E-state index contributed by atoms with van der Waals surface area (Å²) in [6, 6.07) is 8.23. The lowest BCUT2D eigenvalue weighted by Gasteiger charge is -2.08. The Kier molecular flexibility index (Phi) is 4.14. The highest BCUT2D eigenvalue weighted by atomic mass is 35.5. The van der Waals surface area contributed by atoms with E-state index in [9.17, 15) is 4.79 Å². The number of aliphatic hydroxyl groups excluding tert-OH is 1. The molecule has 0 fully saturated rings. The van der Waals surface area contributed by atoms with Crippen molar-refractivity contribution in [1.29, 1.82) is 0 Å². The van der Waals surface area contributed by atoms with E-state index in [1.54, 1.807) is 37.3 Å². The number of halogens is 1. The van der Waals surface area contributed by atoms with Crippen molar-refractivity contribution in [2.75, 3.05) is 0 Å². The summed E-state index contributed by atoms with van der Waals surface area (Å²) < 4.78 is 5.26. The Hall–Kier alpha value is -1.91. The van der Waals surface area contributed by atoms with Crippen molar-refractivity contribution in [1.82, 2.24) is 4.98 Å². The summed E-state index contributed by atoms with van der Waals surface area (Å²) >= 11 is 5.93. The fourth-order valence-electron chi connectivity index (χ4n) is 1.52. The number of aromatic nitrogens is 1. The maximum Gasteiger partial charge on any atom is 0.345 e. The molecule has 4 nitrogen and oxygen atoms in total. The Morgan fingerprint density at radius 1 is 1.42 bits per heavy atom. The largest absolute Gasteiger partial charge is 0.421 e. The molecule has 0 aliphatic carbocycles. The number of ether oxygens (including phenoxy) is 1. The molecular weight excluding hydrogens is 266 g/mol. The molecule has 1 heterocycles. The molecule has 0 unspecified atom stereocenters. The summed E-state index contributed by atoms with van der Waals surface area (Å²) in [5.41, 5.74) is 1.43. The highest BCUT2D eigenvalue weighted by molar-refractivity contribution is 6.33. The number of hydrogen-bond donors (Lipinski definition) is 1. The highest BCUT2D eigenvalue weighted by Crippen LogP contribution is 2.21. The third kappa shape index (κ3) is 3.10. The van der Waals surface area contributed by atoms with E-state index in [0.29, 0.717) is 22.0 Å². The van der Waals surface area contributed by atoms with Crippen LogP contribution < -0.4 is 4.74 Å². The van der Waals surface area contributed by atoms with Crippen LogP contribution in [0.2, 0.25) is 5.02 Å². The van der Waals surface area contributed by atoms with Crippen LogP contribution in [-0.2, 0) is 6.61 Å². The Bertz CT molecular complexity index is 613. The van der Waals surface area contributed by atoms with Crippen molar-refractivity contribution in [3.8, 4) is 5.75 Å². The molecule has 1 N–H and O–H groups in total. The predicted molar refractivity (Wildman–Crippen MR) is 71.3 cm³/mol. The molecule has 0 saturated heterocycles. The summed E-state index contributed by atoms with van der Waals surface area (Å²) in [6.07, 6.45) is 1.53. The second kappa shape index (κ2) is 5.82. The molecule has 2 aromatic rings. The molecule has 0 bridgehead atoms. The van der Waals surface area contributed by atoms with Crippen LogP contribution in [0.5, 0.6) is 5.75 Å². The van der Waals surface area contributed by atoms with Gasteiger partial charge in [0, 0.05) is 6.20 Å². The summed E-state index contributed by atoms with van der Waals surface area (Å²) in [5.74, 6) is -0.234. The van der Waals surface area contributed by atoms with E-state index in [4.69, 9.17) is 21.4 Å². The molecule has 0 aliphatic heterocycles. The zero-order chi connectivity index (χ0) is 13.8. The zero-order valence-electron chi connectivity index (χ0n) is 10.3. The quantitative estimate of drug-likeness (QED) is 0.877. The molecular formula is C14H12ClNO3. The van der Waals surface area contributed by atoms with Gasteiger partial charge in [-0.15, -0.1) is 0 Å². The fourth-order valence-corrected chi connectivity index (χ4v) is 1.74. The molecule has 0 aliphatic rings. The fraction of sp³-hybridized carbons (Fsp3) is 0.143. The van der Waals surface area contributed by atoms with Gasteiger partial charge in [0.15, 0.2) is 5.75 Å². The van der Waals surface area contributed by atoms with Crippen LogP contribution in [-0.4, -0.2) is 16.1 Å². The van der Waals surface area contributed by atoms with Gasteiger partial charge in [-0.3, -0.25) is 4.98 Å². The van der Waals surface area contributed by atoms with Crippen LogP contribution in [0.4, 0.5) is 0 Å². The van der Waals surface area contributed by atoms with E-state index in [0.717, 1.165) is 0 Å². The minimum Gasteiger partial charge on any atom is -0.421 e. The molecule has 1 aromatic heterocycles. The van der Waals surface area contributed by atoms with Crippen LogP contribution in [0.3, 0.4) is 0 Å². The smallest absolute Gasteiger partial charge is 0.345 e. The molecule has 98 valence electrons. The van der Waals surface area contributed by atoms with E-state index in [1.165, 1.54) is 6.20 Å². The minimum atomic E-state index is -0.550. The van der Waals surface area contributed by atoms with E-state index in [2.05, 4.69) is 4.98 Å². The van der Waals surface area contributed by atoms with Crippen LogP contribution in [0.25, 0.3) is 0 Å². The molecule has 0 radical (unpaired) electrons. The Balaban J connectivity index is 2.26. The lowest BCUT2D eigenvalue weighted by atomic mass is 10.2. The second-order valence-corrected chi connectivity index (χ2v) is 4.36. The number of rotatable bonds is 3. The third-order valence-corrected chi connectivity index (χ3v) is 2.91. The van der Waals surface area contributed by atoms with Crippen molar-refractivity contribution in [2.45, 2.75) is 13.5 Å². The molecule has 0 amide bonds. The van der Waals surface area contributed by atoms with Crippen LogP contribution in [0, 0.1) is 6.92 Å². The summed E-state index contributed by atoms with van der Waals surface area (Å²) in [6.45, 7) is 1.56.